The van der Waals surface area contributed by atoms with Gasteiger partial charge in [0.1, 0.15) is 11.6 Å². The van der Waals surface area contributed by atoms with Crippen LogP contribution >= 0.6 is 0 Å². The van der Waals surface area contributed by atoms with E-state index in [-0.39, 0.29) is 6.54 Å². The third-order valence-electron chi connectivity index (χ3n) is 3.33. The minimum atomic E-state index is -3.94. The van der Waals surface area contributed by atoms with Crippen LogP contribution in [0.2, 0.25) is 0 Å². The quantitative estimate of drug-likeness (QED) is 0.767. The van der Waals surface area contributed by atoms with E-state index in [1.165, 1.54) is 13.0 Å². The number of benzene rings is 1. The molecule has 0 aliphatic heterocycles. The summed E-state index contributed by atoms with van der Waals surface area (Å²) in [5.74, 6) is -2.23. The SMILES string of the molecule is CC(C)CCC(C)(O)CNS(=O)(=O)Cc1c(F)cccc1F. The second-order valence-corrected chi connectivity index (χ2v) is 8.02. The van der Waals surface area contributed by atoms with Crippen molar-refractivity contribution in [1.29, 1.82) is 0 Å². The standard InChI is InChI=1S/C15H23F2NO3S/c1-11(2)7-8-15(3,19)10-18-22(20,21)9-12-13(16)5-4-6-14(12)17/h4-6,11,18-19H,7-10H2,1-3H3. The molecule has 0 bridgehead atoms. The van der Waals surface area contributed by atoms with Gasteiger partial charge in [-0.05, 0) is 37.8 Å². The van der Waals surface area contributed by atoms with Crippen molar-refractivity contribution in [2.24, 2.45) is 5.92 Å². The Labute approximate surface area is 130 Å². The molecule has 0 radical (unpaired) electrons. The smallest absolute Gasteiger partial charge is 0.216 e. The molecule has 0 aliphatic rings. The van der Waals surface area contributed by atoms with Crippen molar-refractivity contribution in [2.45, 2.75) is 45.0 Å². The Morgan fingerprint density at radius 3 is 2.32 bits per heavy atom. The molecule has 0 heterocycles. The fraction of sp³-hybridized carbons (Fsp3) is 0.600. The van der Waals surface area contributed by atoms with E-state index >= 15 is 0 Å². The Morgan fingerprint density at radius 1 is 1.27 bits per heavy atom. The Kier molecular flexibility index (Phi) is 6.46. The van der Waals surface area contributed by atoms with Crippen LogP contribution < -0.4 is 4.72 Å². The fourth-order valence-corrected chi connectivity index (χ4v) is 3.15. The Bertz CT molecular complexity index is 581. The highest BCUT2D eigenvalue weighted by Crippen LogP contribution is 2.18. The molecule has 126 valence electrons. The van der Waals surface area contributed by atoms with Gasteiger partial charge in [0.2, 0.25) is 10.0 Å². The van der Waals surface area contributed by atoms with Crippen molar-refractivity contribution >= 4 is 10.0 Å². The van der Waals surface area contributed by atoms with E-state index < -0.39 is 38.6 Å². The van der Waals surface area contributed by atoms with Crippen molar-refractivity contribution in [3.63, 3.8) is 0 Å². The summed E-state index contributed by atoms with van der Waals surface area (Å²) in [4.78, 5) is 0. The minimum absolute atomic E-state index is 0.196. The first-order chi connectivity index (χ1) is 10.0. The lowest BCUT2D eigenvalue weighted by Crippen LogP contribution is -2.41. The predicted octanol–water partition coefficient (Wildman–Crippen LogP) is 2.57. The normalized spacial score (nSPS) is 15.0. The van der Waals surface area contributed by atoms with Crippen molar-refractivity contribution in [1.82, 2.24) is 4.72 Å². The highest BCUT2D eigenvalue weighted by molar-refractivity contribution is 7.88. The number of aliphatic hydroxyl groups is 1. The van der Waals surface area contributed by atoms with Gasteiger partial charge in [0.15, 0.2) is 0 Å². The number of hydrogen-bond donors (Lipinski definition) is 2. The average Bonchev–Trinajstić information content (AvgIpc) is 2.39. The van der Waals surface area contributed by atoms with Crippen LogP contribution in [0.1, 0.15) is 39.2 Å². The molecule has 0 spiro atoms. The molecule has 1 aromatic carbocycles. The highest BCUT2D eigenvalue weighted by atomic mass is 32.2. The van der Waals surface area contributed by atoms with Crippen molar-refractivity contribution in [3.8, 4) is 0 Å². The van der Waals surface area contributed by atoms with Crippen molar-refractivity contribution in [3.05, 3.63) is 35.4 Å². The van der Waals surface area contributed by atoms with Crippen molar-refractivity contribution < 1.29 is 22.3 Å². The Morgan fingerprint density at radius 2 is 1.82 bits per heavy atom. The predicted molar refractivity (Wildman–Crippen MR) is 81.7 cm³/mol. The van der Waals surface area contributed by atoms with Crippen LogP contribution in [-0.2, 0) is 15.8 Å². The lowest BCUT2D eigenvalue weighted by Gasteiger charge is -2.24. The lowest BCUT2D eigenvalue weighted by atomic mass is 9.96. The van der Waals surface area contributed by atoms with E-state index in [1.54, 1.807) is 0 Å². The second-order valence-electron chi connectivity index (χ2n) is 6.21. The maximum Gasteiger partial charge on any atom is 0.216 e. The Hall–Kier alpha value is -1.05. The summed E-state index contributed by atoms with van der Waals surface area (Å²) in [7, 11) is -3.94. The van der Waals surface area contributed by atoms with E-state index in [4.69, 9.17) is 0 Å². The molecule has 1 unspecified atom stereocenters. The minimum Gasteiger partial charge on any atom is -0.389 e. The Balaban J connectivity index is 2.68. The first kappa shape index (κ1) is 19.0. The first-order valence-corrected chi connectivity index (χ1v) is 8.80. The highest BCUT2D eigenvalue weighted by Gasteiger charge is 2.25. The molecule has 7 heteroatoms. The molecule has 0 amide bonds. The zero-order valence-electron chi connectivity index (χ0n) is 13.1. The lowest BCUT2D eigenvalue weighted by molar-refractivity contribution is 0.0506. The summed E-state index contributed by atoms with van der Waals surface area (Å²) in [6.45, 7) is 5.34. The number of hydrogen-bond acceptors (Lipinski definition) is 3. The molecule has 0 saturated heterocycles. The van der Waals surface area contributed by atoms with Gasteiger partial charge in [0, 0.05) is 12.1 Å². The molecule has 1 aromatic rings. The zero-order valence-corrected chi connectivity index (χ0v) is 13.9. The van der Waals surface area contributed by atoms with Gasteiger partial charge in [-0.25, -0.2) is 21.9 Å². The molecule has 0 fully saturated rings. The van der Waals surface area contributed by atoms with E-state index in [1.807, 2.05) is 13.8 Å². The molecule has 0 saturated carbocycles. The van der Waals surface area contributed by atoms with E-state index in [0.717, 1.165) is 18.6 Å². The summed E-state index contributed by atoms with van der Waals surface area (Å²) < 4.78 is 53.0. The number of halogens is 2. The van der Waals surface area contributed by atoms with Gasteiger partial charge < -0.3 is 5.11 Å². The van der Waals surface area contributed by atoms with E-state index in [2.05, 4.69) is 4.72 Å². The maximum absolute atomic E-state index is 13.5. The molecule has 4 nitrogen and oxygen atoms in total. The maximum atomic E-state index is 13.5. The molecule has 1 rings (SSSR count). The van der Waals surface area contributed by atoms with Crippen LogP contribution in [0.4, 0.5) is 8.78 Å². The van der Waals surface area contributed by atoms with Gasteiger partial charge in [-0.2, -0.15) is 0 Å². The van der Waals surface area contributed by atoms with Crippen LogP contribution in [-0.4, -0.2) is 25.7 Å². The molecule has 2 N–H and O–H groups in total. The molecular weight excluding hydrogens is 312 g/mol. The number of nitrogens with one attached hydrogen (secondary N) is 1. The summed E-state index contributed by atoms with van der Waals surface area (Å²) in [6, 6.07) is 3.18. The van der Waals surface area contributed by atoms with Crippen LogP contribution in [0, 0.1) is 17.6 Å². The number of sulfonamides is 1. The molecule has 0 aliphatic carbocycles. The van der Waals surface area contributed by atoms with Crippen molar-refractivity contribution in [2.75, 3.05) is 6.54 Å². The molecule has 22 heavy (non-hydrogen) atoms. The summed E-state index contributed by atoms with van der Waals surface area (Å²) >= 11 is 0. The van der Waals surface area contributed by atoms with Crippen LogP contribution in [0.5, 0.6) is 0 Å². The summed E-state index contributed by atoms with van der Waals surface area (Å²) in [6.07, 6.45) is 1.18. The van der Waals surface area contributed by atoms with Gasteiger partial charge in [-0.1, -0.05) is 19.9 Å². The average molecular weight is 335 g/mol. The van der Waals surface area contributed by atoms with Gasteiger partial charge in [-0.3, -0.25) is 0 Å². The summed E-state index contributed by atoms with van der Waals surface area (Å²) in [5, 5.41) is 10.1. The van der Waals surface area contributed by atoms with Crippen LogP contribution in [0.25, 0.3) is 0 Å². The summed E-state index contributed by atoms with van der Waals surface area (Å²) in [5.41, 5.74) is -1.71. The molecular formula is C15H23F2NO3S. The van der Waals surface area contributed by atoms with E-state index in [9.17, 15) is 22.3 Å². The molecule has 1 atom stereocenters. The fourth-order valence-electron chi connectivity index (χ4n) is 1.86. The molecule has 0 aromatic heterocycles. The zero-order chi connectivity index (χ0) is 17.0. The van der Waals surface area contributed by atoms with E-state index in [0.29, 0.717) is 12.3 Å². The topological polar surface area (TPSA) is 66.4 Å². The van der Waals surface area contributed by atoms with Gasteiger partial charge in [-0.15, -0.1) is 0 Å². The third kappa shape index (κ3) is 6.37. The third-order valence-corrected chi connectivity index (χ3v) is 4.58. The van der Waals surface area contributed by atoms with Gasteiger partial charge >= 0.3 is 0 Å². The largest absolute Gasteiger partial charge is 0.389 e. The first-order valence-electron chi connectivity index (χ1n) is 7.15. The van der Waals surface area contributed by atoms with Gasteiger partial charge in [0.05, 0.1) is 11.4 Å². The monoisotopic (exact) mass is 335 g/mol. The van der Waals surface area contributed by atoms with Crippen LogP contribution in [0.3, 0.4) is 0 Å². The number of rotatable bonds is 8. The second kappa shape index (κ2) is 7.48. The van der Waals surface area contributed by atoms with Crippen LogP contribution in [0.15, 0.2) is 18.2 Å². The van der Waals surface area contributed by atoms with Gasteiger partial charge in [0.25, 0.3) is 0 Å².